The van der Waals surface area contributed by atoms with Crippen molar-refractivity contribution in [3.63, 3.8) is 0 Å². The van der Waals surface area contributed by atoms with Gasteiger partial charge in [-0.2, -0.15) is 0 Å². The van der Waals surface area contributed by atoms with Crippen LogP contribution in [0, 0.1) is 23.5 Å². The lowest BCUT2D eigenvalue weighted by Crippen LogP contribution is -2.28. The Bertz CT molecular complexity index is 967. The first-order valence-electron chi connectivity index (χ1n) is 8.87. The van der Waals surface area contributed by atoms with Crippen molar-refractivity contribution in [2.75, 3.05) is 6.61 Å². The number of amides is 1. The van der Waals surface area contributed by atoms with Gasteiger partial charge in [0.15, 0.2) is 0 Å². The van der Waals surface area contributed by atoms with Gasteiger partial charge >= 0.3 is 0 Å². The molecule has 1 fully saturated rings. The van der Waals surface area contributed by atoms with Gasteiger partial charge in [-0.15, -0.1) is 0 Å². The first kappa shape index (κ1) is 17.5. The Hall–Kier alpha value is -2.89. The smallest absolute Gasteiger partial charge is 0.224 e. The van der Waals surface area contributed by atoms with E-state index in [-0.39, 0.29) is 35.4 Å². The van der Waals surface area contributed by atoms with Crippen LogP contribution in [0.3, 0.4) is 0 Å². The van der Waals surface area contributed by atoms with Gasteiger partial charge in [-0.3, -0.25) is 4.79 Å². The van der Waals surface area contributed by atoms with Gasteiger partial charge in [-0.05, 0) is 61.9 Å². The molecular weight excluding hydrogens is 352 g/mol. The molecule has 1 N–H and O–H groups in total. The summed E-state index contributed by atoms with van der Waals surface area (Å²) in [5.41, 5.74) is 0.587. The van der Waals surface area contributed by atoms with E-state index >= 15 is 0 Å². The molecule has 1 saturated carbocycles. The monoisotopic (exact) mass is 371 g/mol. The van der Waals surface area contributed by atoms with Gasteiger partial charge in [0.2, 0.25) is 5.91 Å². The Labute approximate surface area is 155 Å². The topological polar surface area (TPSA) is 51.5 Å². The average molecular weight is 371 g/mol. The van der Waals surface area contributed by atoms with Gasteiger partial charge in [0, 0.05) is 17.2 Å². The molecule has 0 spiro atoms. The van der Waals surface area contributed by atoms with Crippen LogP contribution in [0.1, 0.15) is 25.1 Å². The van der Waals surface area contributed by atoms with E-state index in [4.69, 9.17) is 9.15 Å². The number of ether oxygens (including phenoxy) is 1. The van der Waals surface area contributed by atoms with Crippen molar-refractivity contribution in [2.24, 2.45) is 11.8 Å². The maximum Gasteiger partial charge on any atom is 0.224 e. The second-order valence-corrected chi connectivity index (χ2v) is 6.93. The third kappa shape index (κ3) is 3.94. The minimum Gasteiger partial charge on any atom is -0.493 e. The van der Waals surface area contributed by atoms with E-state index in [1.807, 2.05) is 6.92 Å². The molecule has 1 aliphatic rings. The highest BCUT2D eigenvalue weighted by atomic mass is 19.1. The summed E-state index contributed by atoms with van der Waals surface area (Å²) in [7, 11) is 0. The van der Waals surface area contributed by atoms with E-state index in [1.165, 1.54) is 24.3 Å². The van der Waals surface area contributed by atoms with Crippen LogP contribution in [-0.4, -0.2) is 12.5 Å². The summed E-state index contributed by atoms with van der Waals surface area (Å²) in [6, 6.07) is 11.6. The van der Waals surface area contributed by atoms with Crippen molar-refractivity contribution in [2.45, 2.75) is 19.4 Å². The third-order valence-corrected chi connectivity index (χ3v) is 4.82. The number of halogens is 2. The SMILES string of the molecule is CC(NC(=O)[C@@H]1C[C@H]1COc1ccc(F)cc1)c1cc2cc(F)ccc2o1. The van der Waals surface area contributed by atoms with Crippen LogP contribution in [0.2, 0.25) is 0 Å². The largest absolute Gasteiger partial charge is 0.493 e. The van der Waals surface area contributed by atoms with Gasteiger partial charge in [0.1, 0.15) is 28.7 Å². The zero-order valence-electron chi connectivity index (χ0n) is 14.7. The first-order valence-corrected chi connectivity index (χ1v) is 8.87. The van der Waals surface area contributed by atoms with E-state index in [9.17, 15) is 13.6 Å². The first-order chi connectivity index (χ1) is 13.0. The fraction of sp³-hybridized carbons (Fsp3) is 0.286. The number of hydrogen-bond acceptors (Lipinski definition) is 3. The molecule has 0 saturated heterocycles. The number of carbonyl (C=O) groups is 1. The zero-order chi connectivity index (χ0) is 19.0. The Morgan fingerprint density at radius 1 is 1.19 bits per heavy atom. The molecular formula is C21H19F2NO3. The van der Waals surface area contributed by atoms with Crippen LogP contribution in [0.5, 0.6) is 5.75 Å². The lowest BCUT2D eigenvalue weighted by atomic mass is 10.2. The fourth-order valence-corrected chi connectivity index (χ4v) is 3.13. The molecule has 1 heterocycles. The molecule has 1 amide bonds. The van der Waals surface area contributed by atoms with Crippen molar-refractivity contribution in [1.82, 2.24) is 5.32 Å². The van der Waals surface area contributed by atoms with Crippen molar-refractivity contribution in [1.29, 1.82) is 0 Å². The van der Waals surface area contributed by atoms with Crippen LogP contribution in [0.4, 0.5) is 8.78 Å². The van der Waals surface area contributed by atoms with Gasteiger partial charge in [0.25, 0.3) is 0 Å². The van der Waals surface area contributed by atoms with Crippen LogP contribution >= 0.6 is 0 Å². The summed E-state index contributed by atoms with van der Waals surface area (Å²) in [5.74, 6) is 0.527. The number of fused-ring (bicyclic) bond motifs is 1. The highest BCUT2D eigenvalue weighted by Gasteiger charge is 2.43. The molecule has 0 radical (unpaired) electrons. The highest BCUT2D eigenvalue weighted by molar-refractivity contribution is 5.82. The minimum atomic E-state index is -0.325. The molecule has 6 heteroatoms. The molecule has 140 valence electrons. The minimum absolute atomic E-state index is 0.0538. The van der Waals surface area contributed by atoms with Crippen molar-refractivity contribution in [3.8, 4) is 5.75 Å². The molecule has 0 bridgehead atoms. The van der Waals surface area contributed by atoms with E-state index in [0.29, 0.717) is 29.1 Å². The van der Waals surface area contributed by atoms with Crippen LogP contribution in [0.25, 0.3) is 11.0 Å². The molecule has 3 aromatic rings. The Kier molecular flexibility index (Phi) is 4.56. The lowest BCUT2D eigenvalue weighted by Gasteiger charge is -2.11. The summed E-state index contributed by atoms with van der Waals surface area (Å²) in [4.78, 5) is 12.4. The van der Waals surface area contributed by atoms with Gasteiger partial charge in [0.05, 0.1) is 12.6 Å². The predicted octanol–water partition coefficient (Wildman–Crippen LogP) is 4.60. The third-order valence-electron chi connectivity index (χ3n) is 4.82. The number of carbonyl (C=O) groups excluding carboxylic acids is 1. The maximum atomic E-state index is 13.3. The Morgan fingerprint density at radius 3 is 2.70 bits per heavy atom. The van der Waals surface area contributed by atoms with Crippen LogP contribution < -0.4 is 10.1 Å². The molecule has 4 nitrogen and oxygen atoms in total. The number of rotatable bonds is 6. The number of benzene rings is 2. The highest BCUT2D eigenvalue weighted by Crippen LogP contribution is 2.39. The molecule has 2 aromatic carbocycles. The van der Waals surface area contributed by atoms with E-state index in [1.54, 1.807) is 24.3 Å². The number of nitrogens with one attached hydrogen (secondary N) is 1. The quantitative estimate of drug-likeness (QED) is 0.689. The number of furan rings is 1. The van der Waals surface area contributed by atoms with Gasteiger partial charge < -0.3 is 14.5 Å². The van der Waals surface area contributed by atoms with Crippen LogP contribution in [-0.2, 0) is 4.79 Å². The molecule has 1 aliphatic carbocycles. The molecule has 1 aromatic heterocycles. The van der Waals surface area contributed by atoms with Crippen molar-refractivity contribution in [3.05, 3.63) is 65.9 Å². The average Bonchev–Trinajstić information content (AvgIpc) is 3.31. The Morgan fingerprint density at radius 2 is 1.93 bits per heavy atom. The standard InChI is InChI=1S/C21H19F2NO3/c1-12(20-10-13-8-16(23)4-7-19(13)27-20)24-21(25)18-9-14(18)11-26-17-5-2-15(22)3-6-17/h2-8,10,12,14,18H,9,11H2,1H3,(H,24,25)/t12?,14-,18+/m0/s1. The number of hydrogen-bond donors (Lipinski definition) is 1. The molecule has 3 atom stereocenters. The van der Waals surface area contributed by atoms with Gasteiger partial charge in [-0.1, -0.05) is 0 Å². The summed E-state index contributed by atoms with van der Waals surface area (Å²) in [5, 5.41) is 3.61. The molecule has 1 unspecified atom stereocenters. The van der Waals surface area contributed by atoms with Crippen molar-refractivity contribution < 1.29 is 22.7 Å². The summed E-state index contributed by atoms with van der Waals surface area (Å²) < 4.78 is 37.5. The summed E-state index contributed by atoms with van der Waals surface area (Å²) in [6.45, 7) is 2.25. The van der Waals surface area contributed by atoms with E-state index in [0.717, 1.165) is 6.42 Å². The zero-order valence-corrected chi connectivity index (χ0v) is 14.7. The molecule has 27 heavy (non-hydrogen) atoms. The van der Waals surface area contributed by atoms with Crippen molar-refractivity contribution >= 4 is 16.9 Å². The second-order valence-electron chi connectivity index (χ2n) is 6.93. The molecule has 0 aliphatic heterocycles. The van der Waals surface area contributed by atoms with E-state index in [2.05, 4.69) is 5.32 Å². The second kappa shape index (κ2) is 7.02. The summed E-state index contributed by atoms with van der Waals surface area (Å²) >= 11 is 0. The Balaban J connectivity index is 1.30. The lowest BCUT2D eigenvalue weighted by molar-refractivity contribution is -0.123. The summed E-state index contributed by atoms with van der Waals surface area (Å²) in [6.07, 6.45) is 0.755. The molecule has 4 rings (SSSR count). The van der Waals surface area contributed by atoms with Crippen LogP contribution in [0.15, 0.2) is 52.9 Å². The van der Waals surface area contributed by atoms with E-state index < -0.39 is 0 Å². The maximum absolute atomic E-state index is 13.3. The fourth-order valence-electron chi connectivity index (χ4n) is 3.13. The predicted molar refractivity (Wildman–Crippen MR) is 96.2 cm³/mol. The normalized spacial score (nSPS) is 19.7. The van der Waals surface area contributed by atoms with Gasteiger partial charge in [-0.25, -0.2) is 8.78 Å².